The lowest BCUT2D eigenvalue weighted by atomic mass is 9.83. The Hall–Kier alpha value is 0.640. The standard InChI is InChI=1S/C11H23ClS/c1-5-13-8-6-7-11(3,4)9-10(2)12/h10H,5-9H2,1-4H3. The van der Waals surface area contributed by atoms with Crippen LogP contribution >= 0.6 is 23.4 Å². The average Bonchev–Trinajstić information content (AvgIpc) is 1.95. The van der Waals surface area contributed by atoms with Gasteiger partial charge in [-0.1, -0.05) is 20.8 Å². The maximum atomic E-state index is 6.00. The molecule has 0 nitrogen and oxygen atoms in total. The molecule has 0 aromatic carbocycles. The molecule has 0 bridgehead atoms. The third-order valence-electron chi connectivity index (χ3n) is 2.18. The molecule has 0 rings (SSSR count). The van der Waals surface area contributed by atoms with Gasteiger partial charge in [-0.25, -0.2) is 0 Å². The summed E-state index contributed by atoms with van der Waals surface area (Å²) in [6.45, 7) is 8.95. The zero-order chi connectivity index (χ0) is 10.3. The minimum absolute atomic E-state index is 0.314. The summed E-state index contributed by atoms with van der Waals surface area (Å²) in [7, 11) is 0. The molecule has 1 unspecified atom stereocenters. The Bertz CT molecular complexity index is 121. The quantitative estimate of drug-likeness (QED) is 0.450. The van der Waals surface area contributed by atoms with Gasteiger partial charge >= 0.3 is 0 Å². The van der Waals surface area contributed by atoms with Crippen molar-refractivity contribution in [2.45, 2.75) is 52.3 Å². The van der Waals surface area contributed by atoms with Crippen LogP contribution in [0.4, 0.5) is 0 Å². The monoisotopic (exact) mass is 222 g/mol. The van der Waals surface area contributed by atoms with Crippen LogP contribution in [0.25, 0.3) is 0 Å². The van der Waals surface area contributed by atoms with Crippen LogP contribution in [-0.2, 0) is 0 Å². The zero-order valence-corrected chi connectivity index (χ0v) is 11.0. The number of thioether (sulfide) groups is 1. The zero-order valence-electron chi connectivity index (χ0n) is 9.40. The molecule has 0 saturated carbocycles. The fourth-order valence-corrected chi connectivity index (χ4v) is 2.72. The molecule has 0 aromatic rings. The molecule has 0 fully saturated rings. The molecule has 0 heterocycles. The molecule has 0 amide bonds. The van der Waals surface area contributed by atoms with Gasteiger partial charge < -0.3 is 0 Å². The largest absolute Gasteiger partial charge is 0.162 e. The summed E-state index contributed by atoms with van der Waals surface area (Å²) in [6.07, 6.45) is 3.76. The van der Waals surface area contributed by atoms with Crippen molar-refractivity contribution >= 4 is 23.4 Å². The fraction of sp³-hybridized carbons (Fsp3) is 1.00. The number of rotatable bonds is 7. The van der Waals surface area contributed by atoms with Gasteiger partial charge in [-0.15, -0.1) is 11.6 Å². The van der Waals surface area contributed by atoms with E-state index in [1.165, 1.54) is 24.3 Å². The van der Waals surface area contributed by atoms with E-state index in [2.05, 4.69) is 27.7 Å². The fourth-order valence-electron chi connectivity index (χ4n) is 1.66. The van der Waals surface area contributed by atoms with Crippen LogP contribution < -0.4 is 0 Å². The molecule has 0 saturated heterocycles. The summed E-state index contributed by atoms with van der Waals surface area (Å²) >= 11 is 8.03. The van der Waals surface area contributed by atoms with E-state index in [1.807, 2.05) is 11.8 Å². The summed E-state index contributed by atoms with van der Waals surface area (Å²) in [6, 6.07) is 0. The van der Waals surface area contributed by atoms with Crippen LogP contribution in [-0.4, -0.2) is 16.9 Å². The Morgan fingerprint density at radius 2 is 2.00 bits per heavy atom. The highest BCUT2D eigenvalue weighted by Gasteiger charge is 2.19. The smallest absolute Gasteiger partial charge is 0.0312 e. The first-order chi connectivity index (χ1) is 5.98. The molecule has 0 aromatic heterocycles. The maximum Gasteiger partial charge on any atom is 0.0312 e. The van der Waals surface area contributed by atoms with Gasteiger partial charge in [0, 0.05) is 5.38 Å². The highest BCUT2D eigenvalue weighted by molar-refractivity contribution is 7.99. The molecule has 80 valence electrons. The van der Waals surface area contributed by atoms with E-state index < -0.39 is 0 Å². The topological polar surface area (TPSA) is 0 Å². The van der Waals surface area contributed by atoms with E-state index in [0.29, 0.717) is 10.8 Å². The van der Waals surface area contributed by atoms with Crippen molar-refractivity contribution in [2.75, 3.05) is 11.5 Å². The predicted octanol–water partition coefficient (Wildman–Crippen LogP) is 4.56. The van der Waals surface area contributed by atoms with E-state index >= 15 is 0 Å². The van der Waals surface area contributed by atoms with Crippen LogP contribution in [0.1, 0.15) is 47.0 Å². The average molecular weight is 223 g/mol. The molecule has 0 N–H and O–H groups in total. The molecule has 0 radical (unpaired) electrons. The van der Waals surface area contributed by atoms with Gasteiger partial charge in [0.15, 0.2) is 0 Å². The molecule has 13 heavy (non-hydrogen) atoms. The molecule has 0 spiro atoms. The van der Waals surface area contributed by atoms with Crippen molar-refractivity contribution in [2.24, 2.45) is 5.41 Å². The summed E-state index contributed by atoms with van der Waals surface area (Å²) in [4.78, 5) is 0. The van der Waals surface area contributed by atoms with E-state index in [-0.39, 0.29) is 0 Å². The summed E-state index contributed by atoms with van der Waals surface area (Å²) in [5.74, 6) is 2.54. The van der Waals surface area contributed by atoms with Crippen LogP contribution in [0.15, 0.2) is 0 Å². The van der Waals surface area contributed by atoms with Crippen molar-refractivity contribution in [3.05, 3.63) is 0 Å². The van der Waals surface area contributed by atoms with E-state index in [9.17, 15) is 0 Å². The first-order valence-corrected chi connectivity index (χ1v) is 6.79. The minimum atomic E-state index is 0.314. The van der Waals surface area contributed by atoms with Crippen molar-refractivity contribution in [3.8, 4) is 0 Å². The SMILES string of the molecule is CCSCCCC(C)(C)CC(C)Cl. The Morgan fingerprint density at radius 3 is 2.46 bits per heavy atom. The Balaban J connectivity index is 3.50. The van der Waals surface area contributed by atoms with Gasteiger partial charge in [0.2, 0.25) is 0 Å². The van der Waals surface area contributed by atoms with Crippen LogP contribution in [0.3, 0.4) is 0 Å². The van der Waals surface area contributed by atoms with E-state index in [1.54, 1.807) is 0 Å². The van der Waals surface area contributed by atoms with Crippen molar-refractivity contribution in [1.82, 2.24) is 0 Å². The van der Waals surface area contributed by atoms with E-state index in [0.717, 1.165) is 6.42 Å². The first-order valence-electron chi connectivity index (χ1n) is 5.20. The molecule has 0 aliphatic rings. The molecular formula is C11H23ClS. The van der Waals surface area contributed by atoms with E-state index in [4.69, 9.17) is 11.6 Å². The summed E-state index contributed by atoms with van der Waals surface area (Å²) < 4.78 is 0. The van der Waals surface area contributed by atoms with Gasteiger partial charge in [-0.3, -0.25) is 0 Å². The second-order valence-corrected chi connectivity index (χ2v) is 6.59. The Kier molecular flexibility index (Phi) is 7.35. The summed E-state index contributed by atoms with van der Waals surface area (Å²) in [5, 5.41) is 0.314. The van der Waals surface area contributed by atoms with Crippen LogP contribution in [0, 0.1) is 5.41 Å². The number of hydrogen-bond donors (Lipinski definition) is 0. The second kappa shape index (κ2) is 7.00. The second-order valence-electron chi connectivity index (χ2n) is 4.45. The Morgan fingerprint density at radius 1 is 1.38 bits per heavy atom. The van der Waals surface area contributed by atoms with Gasteiger partial charge in [0.25, 0.3) is 0 Å². The maximum absolute atomic E-state index is 6.00. The number of hydrogen-bond acceptors (Lipinski definition) is 1. The van der Waals surface area contributed by atoms with Crippen LogP contribution in [0.5, 0.6) is 0 Å². The van der Waals surface area contributed by atoms with Crippen molar-refractivity contribution in [1.29, 1.82) is 0 Å². The number of alkyl halides is 1. The van der Waals surface area contributed by atoms with Crippen LogP contribution in [0.2, 0.25) is 0 Å². The lowest BCUT2D eigenvalue weighted by Gasteiger charge is -2.25. The van der Waals surface area contributed by atoms with Gasteiger partial charge in [-0.2, -0.15) is 11.8 Å². The minimum Gasteiger partial charge on any atom is -0.162 e. The number of halogens is 1. The van der Waals surface area contributed by atoms with Crippen molar-refractivity contribution in [3.63, 3.8) is 0 Å². The normalized spacial score (nSPS) is 14.5. The highest BCUT2D eigenvalue weighted by atomic mass is 35.5. The third kappa shape index (κ3) is 8.96. The first kappa shape index (κ1) is 13.6. The molecular weight excluding hydrogens is 200 g/mol. The molecule has 1 atom stereocenters. The Labute approximate surface area is 92.8 Å². The lowest BCUT2D eigenvalue weighted by molar-refractivity contribution is 0.304. The predicted molar refractivity (Wildman–Crippen MR) is 65.9 cm³/mol. The molecule has 0 aliphatic heterocycles. The van der Waals surface area contributed by atoms with Gasteiger partial charge in [0.1, 0.15) is 0 Å². The highest BCUT2D eigenvalue weighted by Crippen LogP contribution is 2.30. The summed E-state index contributed by atoms with van der Waals surface area (Å²) in [5.41, 5.74) is 0.426. The van der Waals surface area contributed by atoms with Crippen molar-refractivity contribution < 1.29 is 0 Å². The lowest BCUT2D eigenvalue weighted by Crippen LogP contribution is -2.15. The van der Waals surface area contributed by atoms with Gasteiger partial charge in [-0.05, 0) is 43.1 Å². The molecule has 0 aliphatic carbocycles. The third-order valence-corrected chi connectivity index (χ3v) is 3.32. The van der Waals surface area contributed by atoms with Gasteiger partial charge in [0.05, 0.1) is 0 Å². The molecule has 2 heteroatoms.